The van der Waals surface area contributed by atoms with Gasteiger partial charge < -0.3 is 54.1 Å². The van der Waals surface area contributed by atoms with Gasteiger partial charge in [0, 0.05) is 42.8 Å². The third-order valence-electron chi connectivity index (χ3n) is 14.0. The molecule has 5 aliphatic rings. The number of benzene rings is 3. The molecule has 0 aliphatic carbocycles. The first-order chi connectivity index (χ1) is 32.8. The van der Waals surface area contributed by atoms with Crippen LogP contribution in [0.5, 0.6) is 5.75 Å². The minimum absolute atomic E-state index is 0.0389. The molecule has 67 heavy (non-hydrogen) atoms. The first-order valence-electron chi connectivity index (χ1n) is 23.3. The van der Waals surface area contributed by atoms with Crippen LogP contribution >= 0.6 is 0 Å². The number of likely N-dealkylation sites (tertiary alicyclic amines) is 2. The zero-order valence-electron chi connectivity index (χ0n) is 37.8. The highest BCUT2D eigenvalue weighted by molar-refractivity contribution is 5.98. The highest BCUT2D eigenvalue weighted by Gasteiger charge is 2.40. The van der Waals surface area contributed by atoms with E-state index in [0.29, 0.717) is 83.5 Å². The summed E-state index contributed by atoms with van der Waals surface area (Å²) >= 11 is 0. The Kier molecular flexibility index (Phi) is 12.7. The number of aromatic nitrogens is 4. The summed E-state index contributed by atoms with van der Waals surface area (Å²) in [6, 6.07) is 14.8. The van der Waals surface area contributed by atoms with Crippen molar-refractivity contribution in [1.29, 1.82) is 0 Å². The molecule has 0 bridgehead atoms. The number of ether oxygens (including phenoxy) is 5. The predicted molar refractivity (Wildman–Crippen MR) is 247 cm³/mol. The molecule has 5 aromatic rings. The van der Waals surface area contributed by atoms with Gasteiger partial charge in [-0.1, -0.05) is 42.0 Å². The summed E-state index contributed by atoms with van der Waals surface area (Å²) in [6.07, 6.45) is 10.2. The van der Waals surface area contributed by atoms with Gasteiger partial charge in [0.1, 0.15) is 36.1 Å². The van der Waals surface area contributed by atoms with E-state index in [-0.39, 0.29) is 29.8 Å². The largest absolute Gasteiger partial charge is 0.488 e. The van der Waals surface area contributed by atoms with Crippen molar-refractivity contribution in [2.24, 2.45) is 5.92 Å². The quantitative estimate of drug-likeness (QED) is 0.104. The van der Waals surface area contributed by atoms with E-state index in [1.807, 2.05) is 28.3 Å². The van der Waals surface area contributed by atoms with Crippen LogP contribution in [0.25, 0.3) is 44.4 Å². The maximum atomic E-state index is 14.1. The molecule has 4 N–H and O–H groups in total. The van der Waals surface area contributed by atoms with E-state index >= 15 is 0 Å². The molecular formula is C50H56N8O9. The van der Waals surface area contributed by atoms with Crippen LogP contribution in [0.15, 0.2) is 72.6 Å². The average Bonchev–Trinajstić information content (AvgIpc) is 4.23. The van der Waals surface area contributed by atoms with Gasteiger partial charge in [0.05, 0.1) is 63.3 Å². The van der Waals surface area contributed by atoms with Gasteiger partial charge in [-0.25, -0.2) is 19.6 Å². The number of methoxy groups -OCH3 is 2. The Morgan fingerprint density at radius 1 is 0.731 bits per heavy atom. The van der Waals surface area contributed by atoms with Gasteiger partial charge >= 0.3 is 12.2 Å². The van der Waals surface area contributed by atoms with Crippen LogP contribution in [0.3, 0.4) is 0 Å². The van der Waals surface area contributed by atoms with E-state index in [4.69, 9.17) is 33.7 Å². The van der Waals surface area contributed by atoms with Gasteiger partial charge in [0.15, 0.2) is 0 Å². The van der Waals surface area contributed by atoms with Crippen LogP contribution in [-0.4, -0.2) is 120 Å². The maximum Gasteiger partial charge on any atom is 0.407 e. The van der Waals surface area contributed by atoms with Crippen molar-refractivity contribution in [2.45, 2.75) is 82.1 Å². The van der Waals surface area contributed by atoms with Crippen LogP contribution < -0.4 is 15.4 Å². The number of H-pyrrole nitrogens is 2. The Balaban J connectivity index is 0.839. The average molecular weight is 913 g/mol. The lowest BCUT2D eigenvalue weighted by Crippen LogP contribution is -2.53. The minimum Gasteiger partial charge on any atom is -0.488 e. The van der Waals surface area contributed by atoms with Crippen molar-refractivity contribution in [3.05, 3.63) is 89.8 Å². The van der Waals surface area contributed by atoms with Crippen molar-refractivity contribution in [2.75, 3.05) is 53.7 Å². The van der Waals surface area contributed by atoms with Crippen LogP contribution in [0.1, 0.15) is 80.7 Å². The third kappa shape index (κ3) is 8.97. The number of rotatable bonds is 10. The molecule has 4 amide bonds. The van der Waals surface area contributed by atoms with Gasteiger partial charge in [-0.2, -0.15) is 0 Å². The van der Waals surface area contributed by atoms with Crippen LogP contribution in [0.2, 0.25) is 0 Å². The highest BCUT2D eigenvalue weighted by atomic mass is 16.5. The van der Waals surface area contributed by atoms with Crippen molar-refractivity contribution in [1.82, 2.24) is 40.4 Å². The number of fused-ring (bicyclic) bond motifs is 5. The molecular weight excluding hydrogens is 857 g/mol. The summed E-state index contributed by atoms with van der Waals surface area (Å²) in [5.41, 5.74) is 7.85. The van der Waals surface area contributed by atoms with Crippen molar-refractivity contribution in [3.8, 4) is 39.4 Å². The summed E-state index contributed by atoms with van der Waals surface area (Å²) in [6.45, 7) is 3.82. The molecule has 0 saturated carbocycles. The summed E-state index contributed by atoms with van der Waals surface area (Å²) in [4.78, 5) is 73.0. The molecule has 7 heterocycles. The fourth-order valence-corrected chi connectivity index (χ4v) is 10.4. The van der Waals surface area contributed by atoms with Gasteiger partial charge in [0.25, 0.3) is 0 Å². The number of amides is 4. The lowest BCUT2D eigenvalue weighted by molar-refractivity contribution is -0.137. The van der Waals surface area contributed by atoms with E-state index in [2.05, 4.69) is 69.1 Å². The van der Waals surface area contributed by atoms with Gasteiger partial charge in [-0.3, -0.25) is 9.59 Å². The number of aromatic amines is 2. The Morgan fingerprint density at radius 3 is 2.03 bits per heavy atom. The van der Waals surface area contributed by atoms with E-state index < -0.39 is 24.3 Å². The molecule has 17 nitrogen and oxygen atoms in total. The molecule has 4 unspecified atom stereocenters. The Labute approximate surface area is 387 Å². The number of alkyl carbamates (subject to hydrolysis) is 2. The molecule has 17 heteroatoms. The number of hydrogen-bond donors (Lipinski definition) is 4. The maximum absolute atomic E-state index is 14.1. The third-order valence-corrected chi connectivity index (χ3v) is 14.0. The minimum atomic E-state index is -0.849. The molecule has 4 fully saturated rings. The number of carbonyl (C=O) groups is 4. The first-order valence-corrected chi connectivity index (χ1v) is 23.3. The number of nitrogens with one attached hydrogen (secondary N) is 4. The SMILES string of the molecule is COC(=O)NC(C=C1CCOCC1)C(=O)N1CCCC1c1ncc(-c2ccc3c(c2)COc2c-3ccc3cc(-c4cnc(C5CCCN5C(=O)C(NC(=O)OC)C5CCOCC5)[nH]4)ccc23)[nH]1. The summed E-state index contributed by atoms with van der Waals surface area (Å²) in [5.74, 6) is 1.90. The van der Waals surface area contributed by atoms with Crippen LogP contribution in [0.4, 0.5) is 9.59 Å². The molecule has 350 valence electrons. The zero-order chi connectivity index (χ0) is 46.0. The Hall–Kier alpha value is -6.72. The molecule has 0 spiro atoms. The van der Waals surface area contributed by atoms with E-state index in [9.17, 15) is 19.2 Å². The first kappa shape index (κ1) is 44.1. The highest BCUT2D eigenvalue weighted by Crippen LogP contribution is 2.44. The monoisotopic (exact) mass is 912 g/mol. The molecule has 0 radical (unpaired) electrons. The summed E-state index contributed by atoms with van der Waals surface area (Å²) < 4.78 is 27.3. The fourth-order valence-electron chi connectivity index (χ4n) is 10.4. The topological polar surface area (TPSA) is 202 Å². The Bertz CT molecular complexity index is 2700. The van der Waals surface area contributed by atoms with Crippen molar-refractivity contribution < 1.29 is 42.9 Å². The van der Waals surface area contributed by atoms with Crippen molar-refractivity contribution >= 4 is 34.8 Å². The molecule has 10 rings (SSSR count). The van der Waals surface area contributed by atoms with E-state index in [1.54, 1.807) is 0 Å². The van der Waals surface area contributed by atoms with Gasteiger partial charge in [-0.05, 0) is 97.6 Å². The number of nitrogens with zero attached hydrogens (tertiary/aromatic N) is 4. The number of imidazole rings is 2. The lowest BCUT2D eigenvalue weighted by atomic mass is 9.90. The lowest BCUT2D eigenvalue weighted by Gasteiger charge is -2.34. The Morgan fingerprint density at radius 2 is 1.34 bits per heavy atom. The molecule has 5 aliphatic heterocycles. The number of hydrogen-bond acceptors (Lipinski definition) is 11. The predicted octanol–water partition coefficient (Wildman–Crippen LogP) is 7.12. The van der Waals surface area contributed by atoms with Crippen LogP contribution in [0, 0.1) is 5.92 Å². The molecule has 3 aromatic carbocycles. The molecule has 4 saturated heterocycles. The summed E-state index contributed by atoms with van der Waals surface area (Å²) in [7, 11) is 2.60. The molecule has 2 aromatic heterocycles. The number of carbonyl (C=O) groups excluding carboxylic acids is 4. The second-order valence-corrected chi connectivity index (χ2v) is 17.9. The van der Waals surface area contributed by atoms with E-state index in [1.165, 1.54) is 14.2 Å². The second-order valence-electron chi connectivity index (χ2n) is 17.9. The standard InChI is InChI=1S/C50H56N8O9/c1-63-49(61)55-38(23-29-13-19-65-20-14-29)47(59)57-17-3-5-41(57)45-51-27-40(54-45)33-8-10-35-34(25-33)28-67-44-36-11-9-32(24-31(36)7-12-37(35)44)39-26-52-46(53-39)42-6-4-18-58(42)48(60)43(56-50(62)64-2)30-15-21-66-22-16-30/h7-12,23-27,30,38,41-43H,3-6,13-22,28H2,1-2H3,(H,51,54)(H,52,53)(H,55,61)(H,56,62). The smallest absolute Gasteiger partial charge is 0.407 e. The van der Waals surface area contributed by atoms with Gasteiger partial charge in [0.2, 0.25) is 11.8 Å². The fraction of sp³-hybridized carbons (Fsp3) is 0.440. The van der Waals surface area contributed by atoms with Crippen molar-refractivity contribution in [3.63, 3.8) is 0 Å². The van der Waals surface area contributed by atoms with Gasteiger partial charge in [-0.15, -0.1) is 0 Å². The second kappa shape index (κ2) is 19.2. The van der Waals surface area contributed by atoms with Crippen LogP contribution in [-0.2, 0) is 35.1 Å². The zero-order valence-corrected chi connectivity index (χ0v) is 37.8. The molecule has 4 atom stereocenters. The summed E-state index contributed by atoms with van der Waals surface area (Å²) in [5, 5.41) is 7.59. The normalized spacial score (nSPS) is 20.4. The van der Waals surface area contributed by atoms with E-state index in [0.717, 1.165) is 87.0 Å².